The number of benzene rings is 2. The number of amides is 3. The van der Waals surface area contributed by atoms with Crippen molar-refractivity contribution in [1.82, 2.24) is 16.0 Å². The van der Waals surface area contributed by atoms with Crippen molar-refractivity contribution >= 4 is 17.7 Å². The average Bonchev–Trinajstić information content (AvgIpc) is 2.70. The second kappa shape index (κ2) is 10.1. The summed E-state index contributed by atoms with van der Waals surface area (Å²) < 4.78 is 0. The van der Waals surface area contributed by atoms with Gasteiger partial charge < -0.3 is 16.0 Å². The first-order chi connectivity index (χ1) is 13.0. The van der Waals surface area contributed by atoms with Crippen LogP contribution in [0.4, 0.5) is 0 Å². The lowest BCUT2D eigenvalue weighted by molar-refractivity contribution is -0.120. The highest BCUT2D eigenvalue weighted by molar-refractivity contribution is 5.96. The smallest absolute Gasteiger partial charge is 0.251 e. The van der Waals surface area contributed by atoms with Gasteiger partial charge in [0.25, 0.3) is 11.8 Å². The molecule has 0 atom stereocenters. The monoisotopic (exact) mass is 367 g/mol. The molecule has 0 radical (unpaired) electrons. The normalized spacial score (nSPS) is 10.3. The highest BCUT2D eigenvalue weighted by atomic mass is 16.2. The molecule has 0 spiro atoms. The Kier molecular flexibility index (Phi) is 7.55. The van der Waals surface area contributed by atoms with E-state index in [-0.39, 0.29) is 30.8 Å². The molecule has 0 aliphatic heterocycles. The molecule has 0 heterocycles. The maximum absolute atomic E-state index is 12.1. The molecule has 0 saturated carbocycles. The third-order valence-corrected chi connectivity index (χ3v) is 4.02. The van der Waals surface area contributed by atoms with Crippen LogP contribution in [0.2, 0.25) is 0 Å². The molecule has 0 aliphatic rings. The molecule has 6 nitrogen and oxygen atoms in total. The van der Waals surface area contributed by atoms with E-state index in [1.165, 1.54) is 5.56 Å². The van der Waals surface area contributed by atoms with Crippen LogP contribution in [0.15, 0.2) is 54.6 Å². The van der Waals surface area contributed by atoms with Crippen molar-refractivity contribution in [3.63, 3.8) is 0 Å². The van der Waals surface area contributed by atoms with Gasteiger partial charge in [0.1, 0.15) is 0 Å². The summed E-state index contributed by atoms with van der Waals surface area (Å²) in [5.74, 6) is -0.379. The summed E-state index contributed by atoms with van der Waals surface area (Å²) in [7, 11) is 0. The van der Waals surface area contributed by atoms with Crippen molar-refractivity contribution < 1.29 is 14.4 Å². The first-order valence-electron chi connectivity index (χ1n) is 8.95. The van der Waals surface area contributed by atoms with Crippen LogP contribution in [0, 0.1) is 0 Å². The molecule has 0 unspecified atom stereocenters. The van der Waals surface area contributed by atoms with E-state index >= 15 is 0 Å². The van der Waals surface area contributed by atoms with Crippen LogP contribution in [0.1, 0.15) is 46.0 Å². The Hall–Kier alpha value is -3.15. The number of rotatable bonds is 8. The molecule has 3 amide bonds. The van der Waals surface area contributed by atoms with Crippen LogP contribution in [0.25, 0.3) is 0 Å². The second-order valence-corrected chi connectivity index (χ2v) is 6.43. The molecule has 2 aromatic carbocycles. The standard InChI is InChI=1S/C21H25N3O3/c1-15(2)16-8-10-18(11-9-16)20(26)23-13-12-22-19(25)14-24-21(27)17-6-4-3-5-7-17/h3-11,15H,12-14H2,1-2H3,(H,22,25)(H,23,26)(H,24,27). The molecular formula is C21H25N3O3. The third-order valence-electron chi connectivity index (χ3n) is 4.02. The van der Waals surface area contributed by atoms with Gasteiger partial charge in [0, 0.05) is 24.2 Å². The second-order valence-electron chi connectivity index (χ2n) is 6.43. The van der Waals surface area contributed by atoms with E-state index in [1.807, 2.05) is 18.2 Å². The van der Waals surface area contributed by atoms with Gasteiger partial charge in [0.15, 0.2) is 0 Å². The van der Waals surface area contributed by atoms with Crippen LogP contribution in [-0.2, 0) is 4.79 Å². The van der Waals surface area contributed by atoms with Gasteiger partial charge in [0.05, 0.1) is 6.54 Å². The maximum Gasteiger partial charge on any atom is 0.251 e. The zero-order chi connectivity index (χ0) is 19.6. The summed E-state index contributed by atoms with van der Waals surface area (Å²) in [6, 6.07) is 16.2. The van der Waals surface area contributed by atoms with Crippen molar-refractivity contribution in [3.8, 4) is 0 Å². The first-order valence-corrected chi connectivity index (χ1v) is 8.95. The predicted octanol–water partition coefficient (Wildman–Crippen LogP) is 2.09. The quantitative estimate of drug-likeness (QED) is 0.624. The first kappa shape index (κ1) is 20.2. The molecule has 0 bridgehead atoms. The Bertz CT molecular complexity index is 771. The average molecular weight is 367 g/mol. The number of nitrogens with one attached hydrogen (secondary N) is 3. The molecule has 3 N–H and O–H groups in total. The lowest BCUT2D eigenvalue weighted by Crippen LogP contribution is -2.40. The highest BCUT2D eigenvalue weighted by Crippen LogP contribution is 2.14. The highest BCUT2D eigenvalue weighted by Gasteiger charge is 2.08. The zero-order valence-corrected chi connectivity index (χ0v) is 15.6. The largest absolute Gasteiger partial charge is 0.353 e. The third kappa shape index (κ3) is 6.58. The number of hydrogen-bond donors (Lipinski definition) is 3. The molecule has 2 rings (SSSR count). The molecule has 27 heavy (non-hydrogen) atoms. The van der Waals surface area contributed by atoms with Crippen molar-refractivity contribution in [1.29, 1.82) is 0 Å². The van der Waals surface area contributed by atoms with E-state index in [2.05, 4.69) is 29.8 Å². The van der Waals surface area contributed by atoms with Crippen molar-refractivity contribution in [2.45, 2.75) is 19.8 Å². The van der Waals surface area contributed by atoms with Crippen molar-refractivity contribution in [2.75, 3.05) is 19.6 Å². The predicted molar refractivity (Wildman–Crippen MR) is 105 cm³/mol. The molecule has 2 aromatic rings. The Morgan fingerprint density at radius 2 is 1.30 bits per heavy atom. The van der Waals surface area contributed by atoms with E-state index < -0.39 is 0 Å². The SMILES string of the molecule is CC(C)c1ccc(C(=O)NCCNC(=O)CNC(=O)c2ccccc2)cc1. The fourth-order valence-corrected chi connectivity index (χ4v) is 2.41. The molecule has 6 heteroatoms. The van der Waals surface area contributed by atoms with Gasteiger partial charge in [0.2, 0.25) is 5.91 Å². The molecule has 0 aliphatic carbocycles. The fourth-order valence-electron chi connectivity index (χ4n) is 2.41. The topological polar surface area (TPSA) is 87.3 Å². The van der Waals surface area contributed by atoms with E-state index in [0.29, 0.717) is 23.6 Å². The van der Waals surface area contributed by atoms with E-state index in [0.717, 1.165) is 0 Å². The van der Waals surface area contributed by atoms with Crippen LogP contribution in [0.3, 0.4) is 0 Å². The lowest BCUT2D eigenvalue weighted by Gasteiger charge is -2.09. The minimum absolute atomic E-state index is 0.113. The minimum Gasteiger partial charge on any atom is -0.353 e. The Morgan fingerprint density at radius 3 is 1.93 bits per heavy atom. The number of hydrogen-bond acceptors (Lipinski definition) is 3. The van der Waals surface area contributed by atoms with Gasteiger partial charge in [-0.05, 0) is 35.7 Å². The summed E-state index contributed by atoms with van der Waals surface area (Å²) in [5, 5.41) is 7.95. The zero-order valence-electron chi connectivity index (χ0n) is 15.6. The molecular weight excluding hydrogens is 342 g/mol. The minimum atomic E-state index is -0.310. The molecule has 0 fully saturated rings. The Balaban J connectivity index is 1.65. The fraction of sp³-hybridized carbons (Fsp3) is 0.286. The summed E-state index contributed by atoms with van der Waals surface area (Å²) in [6.07, 6.45) is 0. The molecule has 142 valence electrons. The van der Waals surface area contributed by atoms with E-state index in [9.17, 15) is 14.4 Å². The summed E-state index contributed by atoms with van der Waals surface area (Å²) in [4.78, 5) is 35.7. The van der Waals surface area contributed by atoms with Gasteiger partial charge in [-0.25, -0.2) is 0 Å². The summed E-state index contributed by atoms with van der Waals surface area (Å²) in [5.41, 5.74) is 2.26. The summed E-state index contributed by atoms with van der Waals surface area (Å²) >= 11 is 0. The van der Waals surface area contributed by atoms with E-state index in [1.54, 1.807) is 36.4 Å². The number of carbonyl (C=O) groups excluding carboxylic acids is 3. The van der Waals surface area contributed by atoms with Gasteiger partial charge in [-0.15, -0.1) is 0 Å². The van der Waals surface area contributed by atoms with Crippen molar-refractivity contribution in [2.24, 2.45) is 0 Å². The molecule has 0 saturated heterocycles. The van der Waals surface area contributed by atoms with Gasteiger partial charge in [-0.1, -0.05) is 44.2 Å². The van der Waals surface area contributed by atoms with Crippen LogP contribution in [-0.4, -0.2) is 37.4 Å². The van der Waals surface area contributed by atoms with Gasteiger partial charge in [-0.2, -0.15) is 0 Å². The maximum atomic E-state index is 12.1. The Morgan fingerprint density at radius 1 is 0.741 bits per heavy atom. The Labute approximate surface area is 159 Å². The van der Waals surface area contributed by atoms with Crippen LogP contribution < -0.4 is 16.0 Å². The van der Waals surface area contributed by atoms with E-state index in [4.69, 9.17) is 0 Å². The lowest BCUT2D eigenvalue weighted by atomic mass is 10.0. The van der Waals surface area contributed by atoms with Crippen LogP contribution in [0.5, 0.6) is 0 Å². The van der Waals surface area contributed by atoms with Crippen LogP contribution >= 0.6 is 0 Å². The summed E-state index contributed by atoms with van der Waals surface area (Å²) in [6.45, 7) is 4.68. The van der Waals surface area contributed by atoms with Gasteiger partial charge >= 0.3 is 0 Å². The molecule has 0 aromatic heterocycles. The van der Waals surface area contributed by atoms with Crippen molar-refractivity contribution in [3.05, 3.63) is 71.3 Å². The number of carbonyl (C=O) groups is 3. The van der Waals surface area contributed by atoms with Gasteiger partial charge in [-0.3, -0.25) is 14.4 Å².